The van der Waals surface area contributed by atoms with Gasteiger partial charge in [-0.15, -0.1) is 0 Å². The van der Waals surface area contributed by atoms with Crippen LogP contribution in [0.4, 0.5) is 9.50 Å². The maximum Gasteiger partial charge on any atom is 0.309 e. The maximum atomic E-state index is 9.00. The molecule has 13 heavy (non-hydrogen) atoms. The van der Waals surface area contributed by atoms with Gasteiger partial charge in [0, 0.05) is 12.4 Å². The second kappa shape index (κ2) is 16.8. The molecule has 0 atom stereocenters. The SMILES string of the molecule is CCC.F.NC(N)=O.c1cc[nH]c1. The molecule has 4 nitrogen and oxygen atoms in total. The Labute approximate surface area is 77.7 Å². The second-order valence-electron chi connectivity index (χ2n) is 1.99. The molecule has 5 heteroatoms. The number of nitrogens with one attached hydrogen (secondary N) is 1. The number of rotatable bonds is 0. The third-order valence-electron chi connectivity index (χ3n) is 0.496. The van der Waals surface area contributed by atoms with Crippen LogP contribution in [0.25, 0.3) is 0 Å². The van der Waals surface area contributed by atoms with E-state index >= 15 is 0 Å². The molecule has 0 saturated carbocycles. The summed E-state index contributed by atoms with van der Waals surface area (Å²) in [7, 11) is 0. The summed E-state index contributed by atoms with van der Waals surface area (Å²) < 4.78 is 0. The highest BCUT2D eigenvalue weighted by atomic mass is 19.0. The molecule has 0 aromatic carbocycles. The molecule has 0 aliphatic rings. The first-order chi connectivity index (χ1) is 5.65. The fourth-order valence-corrected chi connectivity index (χ4v) is 0.278. The van der Waals surface area contributed by atoms with E-state index < -0.39 is 6.03 Å². The van der Waals surface area contributed by atoms with E-state index in [2.05, 4.69) is 30.3 Å². The lowest BCUT2D eigenvalue weighted by atomic mass is 10.6. The van der Waals surface area contributed by atoms with E-state index in [1.807, 2.05) is 24.5 Å². The van der Waals surface area contributed by atoms with E-state index in [0.717, 1.165) is 0 Å². The molecule has 1 heterocycles. The van der Waals surface area contributed by atoms with Crippen molar-refractivity contribution >= 4 is 6.03 Å². The van der Waals surface area contributed by atoms with Crippen LogP contribution in [-0.4, -0.2) is 11.0 Å². The summed E-state index contributed by atoms with van der Waals surface area (Å²) in [6.45, 7) is 4.25. The summed E-state index contributed by atoms with van der Waals surface area (Å²) in [6, 6.07) is 3.06. The fourth-order valence-electron chi connectivity index (χ4n) is 0.278. The van der Waals surface area contributed by atoms with E-state index in [-0.39, 0.29) is 4.70 Å². The van der Waals surface area contributed by atoms with Crippen molar-refractivity contribution < 1.29 is 9.50 Å². The predicted octanol–water partition coefficient (Wildman–Crippen LogP) is 1.61. The molecule has 5 N–H and O–H groups in total. The maximum absolute atomic E-state index is 9.00. The molecular formula is C8H18FN3O. The zero-order valence-electron chi connectivity index (χ0n) is 7.99. The van der Waals surface area contributed by atoms with E-state index in [1.165, 1.54) is 6.42 Å². The lowest BCUT2D eigenvalue weighted by molar-refractivity contribution is 0.256. The first-order valence-electron chi connectivity index (χ1n) is 3.77. The molecule has 0 saturated heterocycles. The van der Waals surface area contributed by atoms with Gasteiger partial charge < -0.3 is 16.5 Å². The number of hydrogen-bond donors (Lipinski definition) is 3. The highest BCUT2D eigenvalue weighted by Crippen LogP contribution is 1.72. The highest BCUT2D eigenvalue weighted by Gasteiger charge is 1.60. The fraction of sp³-hybridized carbons (Fsp3) is 0.375. The normalized spacial score (nSPS) is 6.31. The topological polar surface area (TPSA) is 84.9 Å². The molecule has 0 radical (unpaired) electrons. The monoisotopic (exact) mass is 191 g/mol. The number of amides is 2. The van der Waals surface area contributed by atoms with Crippen LogP contribution in [0, 0.1) is 0 Å². The summed E-state index contributed by atoms with van der Waals surface area (Å²) in [5, 5.41) is 0. The molecule has 0 unspecified atom stereocenters. The van der Waals surface area contributed by atoms with E-state index in [9.17, 15) is 0 Å². The number of H-pyrrole nitrogens is 1. The van der Waals surface area contributed by atoms with Crippen LogP contribution in [0.15, 0.2) is 24.5 Å². The minimum atomic E-state index is -0.833. The minimum Gasteiger partial charge on any atom is -0.368 e. The van der Waals surface area contributed by atoms with Gasteiger partial charge in [0.1, 0.15) is 0 Å². The molecule has 0 aliphatic carbocycles. The standard InChI is InChI=1S/C4H5N.C3H8.CH4N2O.FH/c1-2-4-5-3-1;1-3-2;2-1(3)4;/h1-5H;3H2,1-2H3;(H4,2,3,4);1H. The molecule has 1 aromatic rings. The second-order valence-corrected chi connectivity index (χ2v) is 1.99. The Bertz CT molecular complexity index is 145. The summed E-state index contributed by atoms with van der Waals surface area (Å²) in [5.41, 5.74) is 8.50. The molecular weight excluding hydrogens is 173 g/mol. The van der Waals surface area contributed by atoms with Crippen molar-refractivity contribution in [3.05, 3.63) is 24.5 Å². The molecule has 0 bridgehead atoms. The summed E-state index contributed by atoms with van der Waals surface area (Å²) in [5.74, 6) is 0. The van der Waals surface area contributed by atoms with Gasteiger partial charge >= 0.3 is 6.03 Å². The number of urea groups is 1. The number of carbonyl (C=O) groups is 1. The quantitative estimate of drug-likeness (QED) is 0.571. The first kappa shape index (κ1) is 17.5. The molecule has 2 amide bonds. The van der Waals surface area contributed by atoms with E-state index in [1.54, 1.807) is 0 Å². The molecule has 0 aliphatic heterocycles. The Morgan fingerprint density at radius 1 is 1.23 bits per heavy atom. The van der Waals surface area contributed by atoms with Crippen molar-refractivity contribution in [2.75, 3.05) is 0 Å². The molecule has 78 valence electrons. The third kappa shape index (κ3) is 62.2. The average molecular weight is 191 g/mol. The number of halogens is 1. The van der Waals surface area contributed by atoms with Gasteiger partial charge in [0.05, 0.1) is 0 Å². The van der Waals surface area contributed by atoms with Gasteiger partial charge in [0.25, 0.3) is 0 Å². The first-order valence-corrected chi connectivity index (χ1v) is 3.77. The largest absolute Gasteiger partial charge is 0.368 e. The van der Waals surface area contributed by atoms with E-state index in [0.29, 0.717) is 0 Å². The van der Waals surface area contributed by atoms with Crippen LogP contribution in [-0.2, 0) is 0 Å². The predicted molar refractivity (Wildman–Crippen MR) is 53.0 cm³/mol. The number of hydrogen-bond acceptors (Lipinski definition) is 1. The Kier molecular flexibility index (Phi) is 22.7. The van der Waals surface area contributed by atoms with Crippen molar-refractivity contribution in [3.8, 4) is 0 Å². The van der Waals surface area contributed by atoms with Gasteiger partial charge in [-0.05, 0) is 12.1 Å². The Hall–Kier alpha value is -1.52. The zero-order chi connectivity index (χ0) is 9.82. The van der Waals surface area contributed by atoms with Crippen LogP contribution in [0.5, 0.6) is 0 Å². The number of primary amides is 2. The molecule has 1 rings (SSSR count). The number of carbonyl (C=O) groups excluding carboxylic acids is 1. The lowest BCUT2D eigenvalue weighted by Gasteiger charge is -1.62. The van der Waals surface area contributed by atoms with Crippen LogP contribution < -0.4 is 11.5 Å². The van der Waals surface area contributed by atoms with Crippen LogP contribution in [0.1, 0.15) is 20.3 Å². The van der Waals surface area contributed by atoms with Crippen molar-refractivity contribution in [3.63, 3.8) is 0 Å². The summed E-state index contributed by atoms with van der Waals surface area (Å²) in [6.07, 6.45) is 5.00. The van der Waals surface area contributed by atoms with Crippen molar-refractivity contribution in [1.29, 1.82) is 0 Å². The van der Waals surface area contributed by atoms with Crippen LogP contribution in [0.3, 0.4) is 0 Å². The van der Waals surface area contributed by atoms with Gasteiger partial charge in [-0.3, -0.25) is 4.70 Å². The van der Waals surface area contributed by atoms with Gasteiger partial charge in [-0.1, -0.05) is 20.3 Å². The van der Waals surface area contributed by atoms with Gasteiger partial charge in [-0.25, -0.2) is 4.79 Å². The lowest BCUT2D eigenvalue weighted by Crippen LogP contribution is -2.18. The van der Waals surface area contributed by atoms with Crippen molar-refractivity contribution in [2.24, 2.45) is 11.5 Å². The zero-order valence-corrected chi connectivity index (χ0v) is 7.99. The van der Waals surface area contributed by atoms with Crippen LogP contribution in [0.2, 0.25) is 0 Å². The number of aromatic amines is 1. The third-order valence-corrected chi connectivity index (χ3v) is 0.496. The Balaban J connectivity index is -0.000000116. The smallest absolute Gasteiger partial charge is 0.309 e. The Morgan fingerprint density at radius 3 is 1.54 bits per heavy atom. The minimum absolute atomic E-state index is 0. The van der Waals surface area contributed by atoms with Gasteiger partial charge in [-0.2, -0.15) is 0 Å². The Morgan fingerprint density at radius 2 is 1.46 bits per heavy atom. The van der Waals surface area contributed by atoms with E-state index in [4.69, 9.17) is 4.79 Å². The molecule has 1 aromatic heterocycles. The highest BCUT2D eigenvalue weighted by molar-refractivity contribution is 5.69. The van der Waals surface area contributed by atoms with Crippen molar-refractivity contribution in [1.82, 2.24) is 4.98 Å². The number of nitrogens with two attached hydrogens (primary N) is 2. The summed E-state index contributed by atoms with van der Waals surface area (Å²) in [4.78, 5) is 11.9. The van der Waals surface area contributed by atoms with Gasteiger partial charge in [0.15, 0.2) is 0 Å². The number of aromatic nitrogens is 1. The van der Waals surface area contributed by atoms with Crippen LogP contribution >= 0.6 is 0 Å². The summed E-state index contributed by atoms with van der Waals surface area (Å²) >= 11 is 0. The average Bonchev–Trinajstić information content (AvgIpc) is 2.40. The molecule has 0 spiro atoms. The van der Waals surface area contributed by atoms with Crippen molar-refractivity contribution in [2.45, 2.75) is 20.3 Å². The molecule has 0 fully saturated rings. The van der Waals surface area contributed by atoms with Gasteiger partial charge in [0.2, 0.25) is 0 Å².